The molecule has 1 aliphatic heterocycles. The fraction of sp³-hybridized carbons (Fsp3) is 0.267. The molecule has 2 heterocycles. The SMILES string of the molecule is Cc1cccc(C)c1-n1nnnc1[C@@H](c1ccccc1C#N)N1CCN(C/C=C/c2ccccc2)CC1. The number of hydrogen-bond acceptors (Lipinski definition) is 6. The van der Waals surface area contributed by atoms with Crippen molar-refractivity contribution in [3.8, 4) is 11.8 Å². The summed E-state index contributed by atoms with van der Waals surface area (Å²) in [7, 11) is 0. The van der Waals surface area contributed by atoms with Crippen LogP contribution in [-0.2, 0) is 0 Å². The van der Waals surface area contributed by atoms with Crippen molar-refractivity contribution in [2.24, 2.45) is 0 Å². The van der Waals surface area contributed by atoms with E-state index in [9.17, 15) is 5.26 Å². The number of piperazine rings is 1. The van der Waals surface area contributed by atoms with Gasteiger partial charge in [-0.2, -0.15) is 9.94 Å². The van der Waals surface area contributed by atoms with Crippen molar-refractivity contribution in [1.82, 2.24) is 30.0 Å². The fourth-order valence-electron chi connectivity index (χ4n) is 5.11. The molecule has 7 nitrogen and oxygen atoms in total. The summed E-state index contributed by atoms with van der Waals surface area (Å²) in [4.78, 5) is 4.86. The zero-order valence-electron chi connectivity index (χ0n) is 21.3. The Bertz CT molecular complexity index is 1390. The third-order valence-corrected chi connectivity index (χ3v) is 7.01. The maximum absolute atomic E-state index is 9.93. The van der Waals surface area contributed by atoms with Crippen molar-refractivity contribution < 1.29 is 0 Å². The lowest BCUT2D eigenvalue weighted by molar-refractivity contribution is 0.113. The van der Waals surface area contributed by atoms with Gasteiger partial charge in [0.1, 0.15) is 0 Å². The van der Waals surface area contributed by atoms with Crippen molar-refractivity contribution >= 4 is 6.08 Å². The highest BCUT2D eigenvalue weighted by Gasteiger charge is 2.32. The number of para-hydroxylation sites is 1. The molecule has 0 spiro atoms. The third-order valence-electron chi connectivity index (χ3n) is 7.01. The topological polar surface area (TPSA) is 73.9 Å². The molecule has 1 atom stereocenters. The lowest BCUT2D eigenvalue weighted by Gasteiger charge is -2.38. The molecule has 7 heteroatoms. The number of benzene rings is 3. The maximum atomic E-state index is 9.93. The Balaban J connectivity index is 1.43. The zero-order valence-corrected chi connectivity index (χ0v) is 21.3. The summed E-state index contributed by atoms with van der Waals surface area (Å²) in [5, 5.41) is 23.0. The molecule has 1 saturated heterocycles. The van der Waals surface area contributed by atoms with E-state index in [1.54, 1.807) is 0 Å². The molecule has 0 unspecified atom stereocenters. The molecule has 186 valence electrons. The standard InChI is InChI=1S/C30H31N7/c1-23-10-8-11-24(2)28(23)37-30(32-33-34-37)29(27-16-7-6-15-26(27)22-31)36-20-18-35(19-21-36)17-9-14-25-12-4-3-5-13-25/h3-16,29H,17-21H2,1-2H3/b14-9+/t29-/m1/s1. The largest absolute Gasteiger partial charge is 0.297 e. The summed E-state index contributed by atoms with van der Waals surface area (Å²) in [5.41, 5.74) is 6.01. The number of aryl methyl sites for hydroxylation is 2. The van der Waals surface area contributed by atoms with E-state index in [0.717, 1.165) is 60.9 Å². The smallest absolute Gasteiger partial charge is 0.178 e. The van der Waals surface area contributed by atoms with Crippen molar-refractivity contribution in [2.45, 2.75) is 19.9 Å². The first-order valence-electron chi connectivity index (χ1n) is 12.7. The van der Waals surface area contributed by atoms with Crippen LogP contribution in [0.1, 0.15) is 39.7 Å². The Kier molecular flexibility index (Phi) is 7.50. The van der Waals surface area contributed by atoms with Gasteiger partial charge in [-0.15, -0.1) is 5.10 Å². The van der Waals surface area contributed by atoms with E-state index in [1.165, 1.54) is 5.56 Å². The second-order valence-electron chi connectivity index (χ2n) is 9.44. The Morgan fingerprint density at radius 1 is 0.892 bits per heavy atom. The van der Waals surface area contributed by atoms with E-state index in [0.29, 0.717) is 5.56 Å². The van der Waals surface area contributed by atoms with Gasteiger partial charge in [0, 0.05) is 32.7 Å². The van der Waals surface area contributed by atoms with E-state index >= 15 is 0 Å². The van der Waals surface area contributed by atoms with Crippen LogP contribution in [0.5, 0.6) is 0 Å². The lowest BCUT2D eigenvalue weighted by atomic mass is 9.97. The minimum Gasteiger partial charge on any atom is -0.297 e. The van der Waals surface area contributed by atoms with E-state index in [1.807, 2.05) is 41.1 Å². The van der Waals surface area contributed by atoms with Crippen molar-refractivity contribution in [1.29, 1.82) is 5.26 Å². The summed E-state index contributed by atoms with van der Waals surface area (Å²) < 4.78 is 1.86. The van der Waals surface area contributed by atoms with Crippen LogP contribution < -0.4 is 0 Å². The average Bonchev–Trinajstić information content (AvgIpc) is 3.39. The second-order valence-corrected chi connectivity index (χ2v) is 9.44. The molecule has 3 aromatic carbocycles. The molecule has 1 aromatic heterocycles. The molecule has 1 fully saturated rings. The predicted molar refractivity (Wildman–Crippen MR) is 145 cm³/mol. The molecule has 0 bridgehead atoms. The molecule has 0 aliphatic carbocycles. The monoisotopic (exact) mass is 489 g/mol. The summed E-state index contributed by atoms with van der Waals surface area (Å²) in [6.07, 6.45) is 4.41. The zero-order chi connectivity index (χ0) is 25.6. The Hall–Kier alpha value is -4.12. The first-order valence-corrected chi connectivity index (χ1v) is 12.7. The van der Waals surface area contributed by atoms with Crippen LogP contribution >= 0.6 is 0 Å². The molecule has 0 radical (unpaired) electrons. The Morgan fingerprint density at radius 3 is 2.32 bits per heavy atom. The number of tetrazole rings is 1. The van der Waals surface area contributed by atoms with Crippen LogP contribution in [0, 0.1) is 25.2 Å². The number of rotatable bonds is 7. The molecule has 0 amide bonds. The van der Waals surface area contributed by atoms with Gasteiger partial charge in [0.25, 0.3) is 0 Å². The molecule has 0 saturated carbocycles. The normalized spacial score (nSPS) is 15.6. The number of nitriles is 1. The van der Waals surface area contributed by atoms with Gasteiger partial charge in [-0.25, -0.2) is 0 Å². The van der Waals surface area contributed by atoms with Crippen LogP contribution in [0.2, 0.25) is 0 Å². The summed E-state index contributed by atoms with van der Waals surface area (Å²) >= 11 is 0. The van der Waals surface area contributed by atoms with Crippen LogP contribution in [0.25, 0.3) is 11.8 Å². The molecule has 4 aromatic rings. The molecule has 1 aliphatic rings. The minimum atomic E-state index is -0.230. The van der Waals surface area contributed by atoms with Crippen LogP contribution in [0.15, 0.2) is 78.9 Å². The molecular formula is C30H31N7. The predicted octanol–water partition coefficient (Wildman–Crippen LogP) is 4.57. The van der Waals surface area contributed by atoms with Crippen LogP contribution in [-0.4, -0.2) is 62.7 Å². The maximum Gasteiger partial charge on any atom is 0.178 e. The van der Waals surface area contributed by atoms with Crippen LogP contribution in [0.4, 0.5) is 0 Å². The van der Waals surface area contributed by atoms with Gasteiger partial charge in [0.2, 0.25) is 0 Å². The first kappa shape index (κ1) is 24.6. The molecule has 37 heavy (non-hydrogen) atoms. The molecule has 5 rings (SSSR count). The highest BCUT2D eigenvalue weighted by atomic mass is 15.6. The van der Waals surface area contributed by atoms with Gasteiger partial charge in [-0.05, 0) is 52.6 Å². The van der Waals surface area contributed by atoms with Gasteiger partial charge >= 0.3 is 0 Å². The van der Waals surface area contributed by atoms with E-state index in [-0.39, 0.29) is 6.04 Å². The minimum absolute atomic E-state index is 0.230. The summed E-state index contributed by atoms with van der Waals surface area (Å²) in [6, 6.07) is 26.5. The van der Waals surface area contributed by atoms with Gasteiger partial charge in [0.15, 0.2) is 5.82 Å². The Labute approximate surface area is 218 Å². The first-order chi connectivity index (χ1) is 18.2. The van der Waals surface area contributed by atoms with Crippen molar-refractivity contribution in [3.63, 3.8) is 0 Å². The van der Waals surface area contributed by atoms with Gasteiger partial charge in [-0.3, -0.25) is 9.80 Å². The van der Waals surface area contributed by atoms with Crippen molar-refractivity contribution in [3.05, 3.63) is 113 Å². The highest BCUT2D eigenvalue weighted by Crippen LogP contribution is 2.32. The number of aromatic nitrogens is 4. The van der Waals surface area contributed by atoms with E-state index in [2.05, 4.69) is 93.8 Å². The van der Waals surface area contributed by atoms with Gasteiger partial charge in [0.05, 0.1) is 23.4 Å². The van der Waals surface area contributed by atoms with Gasteiger partial charge < -0.3 is 0 Å². The quantitative estimate of drug-likeness (QED) is 0.379. The number of nitrogens with zero attached hydrogens (tertiary/aromatic N) is 7. The summed E-state index contributed by atoms with van der Waals surface area (Å²) in [5.74, 6) is 0.734. The fourth-order valence-corrected chi connectivity index (χ4v) is 5.11. The lowest BCUT2D eigenvalue weighted by Crippen LogP contribution is -2.48. The van der Waals surface area contributed by atoms with Gasteiger partial charge in [-0.1, -0.05) is 78.9 Å². The highest BCUT2D eigenvalue weighted by molar-refractivity contribution is 5.49. The van der Waals surface area contributed by atoms with Crippen molar-refractivity contribution in [2.75, 3.05) is 32.7 Å². The Morgan fingerprint density at radius 2 is 1.59 bits per heavy atom. The summed E-state index contributed by atoms with van der Waals surface area (Å²) in [6.45, 7) is 8.61. The molecular weight excluding hydrogens is 458 g/mol. The number of hydrogen-bond donors (Lipinski definition) is 0. The van der Waals surface area contributed by atoms with E-state index < -0.39 is 0 Å². The average molecular weight is 490 g/mol. The third kappa shape index (κ3) is 5.36. The molecule has 0 N–H and O–H groups in total. The second kappa shape index (κ2) is 11.3. The van der Waals surface area contributed by atoms with Crippen LogP contribution in [0.3, 0.4) is 0 Å². The van der Waals surface area contributed by atoms with E-state index in [4.69, 9.17) is 0 Å².